The maximum atomic E-state index is 10.9. The van der Waals surface area contributed by atoms with Crippen LogP contribution in [0.3, 0.4) is 0 Å². The molecule has 1 aliphatic rings. The Kier molecular flexibility index (Phi) is 4.84. The van der Waals surface area contributed by atoms with Crippen LogP contribution in [0.25, 0.3) is 21.5 Å². The number of phenolic OH excluding ortho intramolecular Hbond substituents is 3. The highest BCUT2D eigenvalue weighted by Gasteiger charge is 2.33. The van der Waals surface area contributed by atoms with E-state index in [9.17, 15) is 15.3 Å². The number of aromatic hydroxyl groups is 3. The second-order valence-electron chi connectivity index (χ2n) is 8.09. The van der Waals surface area contributed by atoms with Crippen LogP contribution < -0.4 is 4.74 Å². The largest absolute Gasteiger partial charge is 0.507 e. The predicted molar refractivity (Wildman–Crippen MR) is 146 cm³/mol. The smallest absolute Gasteiger partial charge is 0.142 e. The van der Waals surface area contributed by atoms with Gasteiger partial charge in [0.2, 0.25) is 0 Å². The van der Waals surface area contributed by atoms with Crippen molar-refractivity contribution in [2.75, 3.05) is 0 Å². The first kappa shape index (κ1) is 20.9. The van der Waals surface area contributed by atoms with Crippen LogP contribution in [0.1, 0.15) is 22.6 Å². The molecule has 1 aliphatic heterocycles. The summed E-state index contributed by atoms with van der Waals surface area (Å²) in [5.41, 5.74) is 2.56. The molecule has 162 valence electrons. The zero-order valence-electron chi connectivity index (χ0n) is 17.0. The van der Waals surface area contributed by atoms with E-state index in [0.717, 1.165) is 45.4 Å². The molecule has 0 aliphatic carbocycles. The average Bonchev–Trinajstić information content (AvgIpc) is 2.82. The number of hydrogen-bond donors (Lipinski definition) is 3. The fraction of sp³-hybridized carbons (Fsp3) is 0.0370. The summed E-state index contributed by atoms with van der Waals surface area (Å²) in [6.07, 6.45) is 0. The van der Waals surface area contributed by atoms with Gasteiger partial charge in [-0.3, -0.25) is 0 Å². The molecule has 0 fully saturated rings. The summed E-state index contributed by atoms with van der Waals surface area (Å²) < 4.78 is 8.05. The van der Waals surface area contributed by atoms with Crippen LogP contribution in [0.4, 0.5) is 0 Å². The van der Waals surface area contributed by atoms with Crippen molar-refractivity contribution in [2.45, 2.75) is 5.92 Å². The molecule has 1 heterocycles. The highest BCUT2D eigenvalue weighted by molar-refractivity contribution is 14.1. The van der Waals surface area contributed by atoms with Crippen molar-refractivity contribution < 1.29 is 20.1 Å². The Hall–Kier alpha value is -2.72. The highest BCUT2D eigenvalue weighted by Crippen LogP contribution is 2.55. The lowest BCUT2D eigenvalue weighted by Gasteiger charge is -2.31. The number of phenols is 3. The molecule has 0 amide bonds. The zero-order valence-corrected chi connectivity index (χ0v) is 21.3. The fourth-order valence-electron chi connectivity index (χ4n) is 4.74. The van der Waals surface area contributed by atoms with Crippen LogP contribution in [-0.2, 0) is 0 Å². The molecule has 0 atom stereocenters. The number of halogens is 2. The van der Waals surface area contributed by atoms with Crippen molar-refractivity contribution in [3.05, 3.63) is 96.6 Å². The van der Waals surface area contributed by atoms with E-state index >= 15 is 0 Å². The lowest BCUT2D eigenvalue weighted by atomic mass is 9.80. The minimum Gasteiger partial charge on any atom is -0.507 e. The fourth-order valence-corrected chi connectivity index (χ4v) is 6.55. The van der Waals surface area contributed by atoms with E-state index in [2.05, 4.69) is 45.2 Å². The van der Waals surface area contributed by atoms with Crippen LogP contribution in [-0.4, -0.2) is 15.3 Å². The minimum absolute atomic E-state index is 0.176. The molecule has 0 saturated carbocycles. The van der Waals surface area contributed by atoms with E-state index in [1.54, 1.807) is 12.1 Å². The van der Waals surface area contributed by atoms with Crippen molar-refractivity contribution >= 4 is 66.7 Å². The number of ether oxygens (including phenoxy) is 1. The first-order valence-corrected chi connectivity index (χ1v) is 12.4. The molecule has 4 nitrogen and oxygen atoms in total. The maximum Gasteiger partial charge on any atom is 0.142 e. The van der Waals surface area contributed by atoms with Crippen molar-refractivity contribution in [2.24, 2.45) is 0 Å². The van der Waals surface area contributed by atoms with Gasteiger partial charge in [-0.05, 0) is 75.0 Å². The van der Waals surface area contributed by atoms with E-state index in [1.807, 2.05) is 60.7 Å². The van der Waals surface area contributed by atoms with Crippen molar-refractivity contribution in [3.8, 4) is 28.7 Å². The molecule has 33 heavy (non-hydrogen) atoms. The monoisotopic (exact) mass is 658 g/mol. The second-order valence-corrected chi connectivity index (χ2v) is 10.4. The van der Waals surface area contributed by atoms with Gasteiger partial charge >= 0.3 is 0 Å². The van der Waals surface area contributed by atoms with Gasteiger partial charge < -0.3 is 20.1 Å². The predicted octanol–water partition coefficient (Wildman–Crippen LogP) is 7.60. The molecule has 0 aromatic heterocycles. The summed E-state index contributed by atoms with van der Waals surface area (Å²) in [6, 6.07) is 22.7. The Balaban J connectivity index is 1.76. The van der Waals surface area contributed by atoms with Gasteiger partial charge in [0, 0.05) is 38.6 Å². The third-order valence-electron chi connectivity index (χ3n) is 6.20. The molecular formula is C27H16I2O4. The van der Waals surface area contributed by atoms with Gasteiger partial charge in [-0.25, -0.2) is 0 Å². The van der Waals surface area contributed by atoms with Crippen molar-refractivity contribution in [3.63, 3.8) is 0 Å². The first-order valence-electron chi connectivity index (χ1n) is 10.3. The van der Waals surface area contributed by atoms with Crippen LogP contribution in [0.5, 0.6) is 28.7 Å². The molecule has 3 N–H and O–H groups in total. The molecular weight excluding hydrogens is 642 g/mol. The maximum absolute atomic E-state index is 10.9. The van der Waals surface area contributed by atoms with Gasteiger partial charge in [0.15, 0.2) is 0 Å². The number of rotatable bonds is 1. The van der Waals surface area contributed by atoms with Crippen molar-refractivity contribution in [1.82, 2.24) is 0 Å². The third-order valence-corrected chi connectivity index (χ3v) is 7.85. The third kappa shape index (κ3) is 3.14. The standard InChI is InChI=1S/C27H16I2O4/c28-20-9-13(10-21(29)25(20)32)24-18-11-22(30)14-5-1-3-7-16(14)26(18)33-27-17-8-4-2-6-15(17)23(31)12-19(24)27/h1-12,24,30-32H. The molecule has 0 bridgehead atoms. The van der Waals surface area contributed by atoms with Gasteiger partial charge in [0.05, 0.1) is 7.14 Å². The van der Waals surface area contributed by atoms with Crippen LogP contribution in [0.15, 0.2) is 72.8 Å². The minimum atomic E-state index is -0.308. The van der Waals surface area contributed by atoms with Gasteiger partial charge in [0.1, 0.15) is 28.7 Å². The van der Waals surface area contributed by atoms with Gasteiger partial charge in [-0.15, -0.1) is 0 Å². The average molecular weight is 658 g/mol. The van der Waals surface area contributed by atoms with Crippen LogP contribution in [0.2, 0.25) is 0 Å². The SMILES string of the molecule is Oc1c(I)cc(C2c3cc(O)c4ccccc4c3Oc3c2cc(O)c2ccccc32)cc1I. The Morgan fingerprint density at radius 1 is 0.606 bits per heavy atom. The Bertz CT molecular complexity index is 1500. The first-order chi connectivity index (χ1) is 15.9. The van der Waals surface area contributed by atoms with E-state index in [4.69, 9.17) is 4.74 Å². The van der Waals surface area contributed by atoms with Crippen LogP contribution >= 0.6 is 45.2 Å². The van der Waals surface area contributed by atoms with E-state index in [-0.39, 0.29) is 23.2 Å². The van der Waals surface area contributed by atoms with Crippen LogP contribution in [0, 0.1) is 7.14 Å². The number of fused-ring (bicyclic) bond motifs is 6. The summed E-state index contributed by atoms with van der Waals surface area (Å²) in [5, 5.41) is 35.2. The van der Waals surface area contributed by atoms with Gasteiger partial charge in [-0.2, -0.15) is 0 Å². The molecule has 6 heteroatoms. The summed E-state index contributed by atoms with van der Waals surface area (Å²) in [7, 11) is 0. The summed E-state index contributed by atoms with van der Waals surface area (Å²) in [4.78, 5) is 0. The lowest BCUT2D eigenvalue weighted by molar-refractivity contribution is 0.449. The molecule has 5 aromatic rings. The molecule has 0 saturated heterocycles. The van der Waals surface area contributed by atoms with Gasteiger partial charge in [0.25, 0.3) is 0 Å². The van der Waals surface area contributed by atoms with Crippen molar-refractivity contribution in [1.29, 1.82) is 0 Å². The molecule has 0 radical (unpaired) electrons. The number of hydrogen-bond acceptors (Lipinski definition) is 4. The summed E-state index contributed by atoms with van der Waals surface area (Å²) >= 11 is 4.26. The Morgan fingerprint density at radius 2 is 1.03 bits per heavy atom. The highest BCUT2D eigenvalue weighted by atomic mass is 127. The molecule has 5 aromatic carbocycles. The van der Waals surface area contributed by atoms with E-state index in [0.29, 0.717) is 11.5 Å². The molecule has 6 rings (SSSR count). The topological polar surface area (TPSA) is 69.9 Å². The quantitative estimate of drug-likeness (QED) is 0.159. The normalized spacial score (nSPS) is 13.0. The lowest BCUT2D eigenvalue weighted by Crippen LogP contribution is -2.13. The number of benzene rings is 5. The Labute approximate surface area is 216 Å². The molecule has 0 unspecified atom stereocenters. The van der Waals surface area contributed by atoms with E-state index in [1.165, 1.54) is 0 Å². The van der Waals surface area contributed by atoms with Gasteiger partial charge in [-0.1, -0.05) is 48.5 Å². The summed E-state index contributed by atoms with van der Waals surface area (Å²) in [6.45, 7) is 0. The zero-order chi connectivity index (χ0) is 22.9. The van der Waals surface area contributed by atoms with E-state index < -0.39 is 0 Å². The second kappa shape index (κ2) is 7.66. The molecule has 0 spiro atoms. The Morgan fingerprint density at radius 3 is 1.48 bits per heavy atom. The summed E-state index contributed by atoms with van der Waals surface area (Å²) in [5.74, 6) is 1.67.